The number of carbonyl (C=O) groups excluding carboxylic acids is 1. The Morgan fingerprint density at radius 1 is 1.00 bits per heavy atom. The largest absolute Gasteiger partial charge is 0.317 e. The van der Waals surface area contributed by atoms with Crippen molar-refractivity contribution < 1.29 is 13.6 Å². The van der Waals surface area contributed by atoms with Crippen LogP contribution in [0.2, 0.25) is 0 Å². The molecule has 0 unspecified atom stereocenters. The molecule has 0 aliphatic carbocycles. The van der Waals surface area contributed by atoms with Crippen LogP contribution in [0.25, 0.3) is 0 Å². The predicted octanol–water partition coefficient (Wildman–Crippen LogP) is 4.61. The van der Waals surface area contributed by atoms with Gasteiger partial charge in [-0.25, -0.2) is 8.78 Å². The molecule has 2 aliphatic rings. The molecule has 0 aromatic heterocycles. The summed E-state index contributed by atoms with van der Waals surface area (Å²) >= 11 is 0. The van der Waals surface area contributed by atoms with Crippen LogP contribution in [0.15, 0.2) is 42.5 Å². The molecule has 1 atom stereocenters. The molecular formula is C23H26F2N2O. The number of nitrogens with one attached hydrogen (secondary N) is 1. The number of benzene rings is 2. The summed E-state index contributed by atoms with van der Waals surface area (Å²) < 4.78 is 27.5. The summed E-state index contributed by atoms with van der Waals surface area (Å²) in [6, 6.07) is 11.2. The Balaban J connectivity index is 1.64. The van der Waals surface area contributed by atoms with E-state index in [4.69, 9.17) is 0 Å². The van der Waals surface area contributed by atoms with Gasteiger partial charge in [-0.3, -0.25) is 4.79 Å². The molecule has 4 rings (SSSR count). The molecule has 2 heterocycles. The van der Waals surface area contributed by atoms with Crippen molar-refractivity contribution in [1.82, 2.24) is 5.32 Å². The van der Waals surface area contributed by atoms with Gasteiger partial charge in [-0.1, -0.05) is 18.2 Å². The van der Waals surface area contributed by atoms with Crippen molar-refractivity contribution in [3.63, 3.8) is 0 Å². The Morgan fingerprint density at radius 3 is 2.46 bits per heavy atom. The minimum absolute atomic E-state index is 0.0351. The zero-order valence-corrected chi connectivity index (χ0v) is 16.0. The van der Waals surface area contributed by atoms with Gasteiger partial charge in [0.1, 0.15) is 11.6 Å². The molecule has 2 aromatic rings. The lowest BCUT2D eigenvalue weighted by Gasteiger charge is -2.28. The van der Waals surface area contributed by atoms with E-state index in [1.54, 1.807) is 23.1 Å². The first-order valence-electron chi connectivity index (χ1n) is 10.2. The Bertz CT molecular complexity index is 831. The van der Waals surface area contributed by atoms with Crippen molar-refractivity contribution in [1.29, 1.82) is 0 Å². The van der Waals surface area contributed by atoms with Gasteiger partial charge in [-0.15, -0.1) is 0 Å². The fraction of sp³-hybridized carbons (Fsp3) is 0.435. The van der Waals surface area contributed by atoms with E-state index in [9.17, 15) is 13.6 Å². The highest BCUT2D eigenvalue weighted by molar-refractivity contribution is 5.94. The monoisotopic (exact) mass is 384 g/mol. The SMILES string of the molecule is O=C(CC1CCNCC1)N1CCC[C@H](c2ccc(F)cc2)c2ccc(F)cc21. The first kappa shape index (κ1) is 19.1. The molecule has 28 heavy (non-hydrogen) atoms. The number of piperidine rings is 1. The van der Waals surface area contributed by atoms with Gasteiger partial charge in [0.2, 0.25) is 5.91 Å². The number of hydrogen-bond donors (Lipinski definition) is 1. The maximum absolute atomic E-state index is 14.1. The maximum Gasteiger partial charge on any atom is 0.227 e. The summed E-state index contributed by atoms with van der Waals surface area (Å²) in [5, 5.41) is 3.33. The molecule has 5 heteroatoms. The Morgan fingerprint density at radius 2 is 1.71 bits per heavy atom. The normalized spacial score (nSPS) is 20.5. The van der Waals surface area contributed by atoms with Gasteiger partial charge < -0.3 is 10.2 Å². The molecule has 1 saturated heterocycles. The van der Waals surface area contributed by atoms with Crippen LogP contribution in [0.1, 0.15) is 49.1 Å². The Kier molecular flexibility index (Phi) is 5.72. The van der Waals surface area contributed by atoms with E-state index in [0.29, 0.717) is 24.6 Å². The summed E-state index contributed by atoms with van der Waals surface area (Å²) in [4.78, 5) is 14.9. The lowest BCUT2D eigenvalue weighted by Crippen LogP contribution is -2.36. The number of rotatable bonds is 3. The lowest BCUT2D eigenvalue weighted by molar-refractivity contribution is -0.119. The Hall–Kier alpha value is -2.27. The van der Waals surface area contributed by atoms with Gasteiger partial charge in [0.15, 0.2) is 0 Å². The molecule has 2 aromatic carbocycles. The van der Waals surface area contributed by atoms with E-state index in [2.05, 4.69) is 5.32 Å². The average molecular weight is 384 g/mol. The average Bonchev–Trinajstić information content (AvgIpc) is 2.89. The third-order valence-corrected chi connectivity index (χ3v) is 6.03. The van der Waals surface area contributed by atoms with Crippen LogP contribution in [0.5, 0.6) is 0 Å². The van der Waals surface area contributed by atoms with Crippen molar-refractivity contribution in [2.75, 3.05) is 24.5 Å². The maximum atomic E-state index is 14.1. The molecule has 0 saturated carbocycles. The summed E-state index contributed by atoms with van der Waals surface area (Å²) in [7, 11) is 0. The second-order valence-electron chi connectivity index (χ2n) is 7.89. The molecule has 3 nitrogen and oxygen atoms in total. The standard InChI is InChI=1S/C23H26F2N2O/c24-18-5-3-17(4-6-18)20-2-1-13-27(22-15-19(25)7-8-21(20)22)23(28)14-16-9-11-26-12-10-16/h3-8,15-16,20,26H,1-2,9-14H2/t20-/m1/s1. The smallest absolute Gasteiger partial charge is 0.227 e. The zero-order chi connectivity index (χ0) is 19.5. The summed E-state index contributed by atoms with van der Waals surface area (Å²) in [6.07, 6.45) is 4.21. The van der Waals surface area contributed by atoms with Crippen LogP contribution in [-0.2, 0) is 4.79 Å². The van der Waals surface area contributed by atoms with Gasteiger partial charge in [0, 0.05) is 18.9 Å². The predicted molar refractivity (Wildman–Crippen MR) is 106 cm³/mol. The number of hydrogen-bond acceptors (Lipinski definition) is 2. The van der Waals surface area contributed by atoms with E-state index in [1.807, 2.05) is 0 Å². The first-order valence-corrected chi connectivity index (χ1v) is 10.2. The van der Waals surface area contributed by atoms with Crippen LogP contribution in [0, 0.1) is 17.6 Å². The second kappa shape index (κ2) is 8.39. The first-order chi connectivity index (χ1) is 13.6. The number of anilines is 1. The van der Waals surface area contributed by atoms with Crippen LogP contribution >= 0.6 is 0 Å². The third kappa shape index (κ3) is 4.09. The fourth-order valence-electron chi connectivity index (χ4n) is 4.52. The number of fused-ring (bicyclic) bond motifs is 1. The Labute approximate surface area is 164 Å². The van der Waals surface area contributed by atoms with Gasteiger partial charge in [-0.2, -0.15) is 0 Å². The van der Waals surface area contributed by atoms with Crippen molar-refractivity contribution >= 4 is 11.6 Å². The zero-order valence-electron chi connectivity index (χ0n) is 16.0. The minimum Gasteiger partial charge on any atom is -0.317 e. The van der Waals surface area contributed by atoms with Crippen molar-refractivity contribution in [3.05, 3.63) is 65.2 Å². The molecule has 1 N–H and O–H groups in total. The molecule has 148 valence electrons. The number of amides is 1. The summed E-state index contributed by atoms with van der Waals surface area (Å²) in [5.74, 6) is -0.0954. The van der Waals surface area contributed by atoms with Crippen molar-refractivity contribution in [2.24, 2.45) is 5.92 Å². The van der Waals surface area contributed by atoms with Crippen LogP contribution in [0.3, 0.4) is 0 Å². The van der Waals surface area contributed by atoms with E-state index in [1.165, 1.54) is 24.3 Å². The van der Waals surface area contributed by atoms with E-state index in [-0.39, 0.29) is 23.5 Å². The lowest BCUT2D eigenvalue weighted by atomic mass is 9.87. The second-order valence-corrected chi connectivity index (χ2v) is 7.89. The van der Waals surface area contributed by atoms with Gasteiger partial charge in [0.05, 0.1) is 5.69 Å². The number of halogens is 2. The topological polar surface area (TPSA) is 32.3 Å². The fourth-order valence-corrected chi connectivity index (χ4v) is 4.52. The summed E-state index contributed by atoms with van der Waals surface area (Å²) in [6.45, 7) is 2.50. The van der Waals surface area contributed by atoms with Crippen LogP contribution < -0.4 is 10.2 Å². The van der Waals surface area contributed by atoms with E-state index >= 15 is 0 Å². The molecule has 0 bridgehead atoms. The minimum atomic E-state index is -0.335. The number of carbonyl (C=O) groups is 1. The summed E-state index contributed by atoms with van der Waals surface area (Å²) in [5.41, 5.74) is 2.62. The van der Waals surface area contributed by atoms with Gasteiger partial charge in [0.25, 0.3) is 0 Å². The van der Waals surface area contributed by atoms with E-state index < -0.39 is 0 Å². The highest BCUT2D eigenvalue weighted by atomic mass is 19.1. The van der Waals surface area contributed by atoms with Crippen LogP contribution in [0.4, 0.5) is 14.5 Å². The molecular weight excluding hydrogens is 358 g/mol. The van der Waals surface area contributed by atoms with Crippen molar-refractivity contribution in [3.8, 4) is 0 Å². The quantitative estimate of drug-likeness (QED) is 0.838. The molecule has 1 amide bonds. The number of nitrogens with zero attached hydrogens (tertiary/aromatic N) is 1. The van der Waals surface area contributed by atoms with Gasteiger partial charge >= 0.3 is 0 Å². The highest BCUT2D eigenvalue weighted by Gasteiger charge is 2.29. The van der Waals surface area contributed by atoms with Crippen molar-refractivity contribution in [2.45, 2.75) is 38.0 Å². The molecule has 0 spiro atoms. The van der Waals surface area contributed by atoms with Gasteiger partial charge in [-0.05, 0) is 80.1 Å². The molecule has 1 fully saturated rings. The van der Waals surface area contributed by atoms with E-state index in [0.717, 1.165) is 49.9 Å². The molecule has 2 aliphatic heterocycles. The van der Waals surface area contributed by atoms with Crippen LogP contribution in [-0.4, -0.2) is 25.5 Å². The molecule has 0 radical (unpaired) electrons. The third-order valence-electron chi connectivity index (χ3n) is 6.03. The highest BCUT2D eigenvalue weighted by Crippen LogP contribution is 2.39.